The van der Waals surface area contributed by atoms with Crippen LogP contribution in [0.3, 0.4) is 0 Å². The van der Waals surface area contributed by atoms with Crippen molar-refractivity contribution in [2.45, 2.75) is 44.1 Å². The Hall–Kier alpha value is -1.32. The van der Waals surface area contributed by atoms with E-state index in [0.717, 1.165) is 42.1 Å². The van der Waals surface area contributed by atoms with Gasteiger partial charge in [0.15, 0.2) is 0 Å². The number of benzene rings is 1. The maximum absolute atomic E-state index is 6.57. The van der Waals surface area contributed by atoms with E-state index in [1.54, 1.807) is 0 Å². The van der Waals surface area contributed by atoms with Crippen molar-refractivity contribution in [2.24, 2.45) is 12.8 Å². The molecule has 3 rings (SSSR count). The van der Waals surface area contributed by atoms with Crippen molar-refractivity contribution in [3.63, 3.8) is 0 Å². The molecule has 1 fully saturated rings. The molecular formula is C17H22ClN3. The molecule has 1 heterocycles. The monoisotopic (exact) mass is 303 g/mol. The Morgan fingerprint density at radius 2 is 2.00 bits per heavy atom. The van der Waals surface area contributed by atoms with Gasteiger partial charge in [-0.05, 0) is 24.8 Å². The molecule has 4 heteroatoms. The quantitative estimate of drug-likeness (QED) is 0.921. The second-order valence-electron chi connectivity index (χ2n) is 6.02. The summed E-state index contributed by atoms with van der Waals surface area (Å²) in [7, 11) is 1.95. The van der Waals surface area contributed by atoms with Crippen molar-refractivity contribution in [1.29, 1.82) is 0 Å². The summed E-state index contributed by atoms with van der Waals surface area (Å²) in [5.74, 6) is 0. The lowest BCUT2D eigenvalue weighted by Gasteiger charge is -2.24. The van der Waals surface area contributed by atoms with Gasteiger partial charge in [-0.3, -0.25) is 4.68 Å². The van der Waals surface area contributed by atoms with E-state index in [1.165, 1.54) is 5.56 Å². The van der Waals surface area contributed by atoms with Crippen LogP contribution in [0.1, 0.15) is 36.7 Å². The Morgan fingerprint density at radius 3 is 2.52 bits per heavy atom. The molecule has 1 aromatic heterocycles. The van der Waals surface area contributed by atoms with Gasteiger partial charge >= 0.3 is 0 Å². The summed E-state index contributed by atoms with van der Waals surface area (Å²) in [4.78, 5) is 0. The van der Waals surface area contributed by atoms with E-state index in [0.29, 0.717) is 0 Å². The summed E-state index contributed by atoms with van der Waals surface area (Å²) in [5.41, 5.74) is 10.1. The molecule has 0 radical (unpaired) electrons. The van der Waals surface area contributed by atoms with Crippen LogP contribution in [0.25, 0.3) is 0 Å². The lowest BCUT2D eigenvalue weighted by molar-refractivity contribution is 0.498. The van der Waals surface area contributed by atoms with Crippen molar-refractivity contribution < 1.29 is 0 Å². The van der Waals surface area contributed by atoms with Gasteiger partial charge in [0, 0.05) is 24.9 Å². The number of hydrogen-bond donors (Lipinski definition) is 1. The zero-order valence-corrected chi connectivity index (χ0v) is 13.4. The number of nitrogens with zero attached hydrogens (tertiary/aromatic N) is 2. The van der Waals surface area contributed by atoms with Crippen molar-refractivity contribution in [1.82, 2.24) is 9.78 Å². The summed E-state index contributed by atoms with van der Waals surface area (Å²) >= 11 is 6.45. The predicted molar refractivity (Wildman–Crippen MR) is 86.6 cm³/mol. The highest BCUT2D eigenvalue weighted by Crippen LogP contribution is 2.51. The molecule has 0 saturated heterocycles. The van der Waals surface area contributed by atoms with Crippen molar-refractivity contribution >= 4 is 11.6 Å². The number of rotatable bonds is 5. The van der Waals surface area contributed by atoms with Gasteiger partial charge in [0.05, 0.1) is 16.4 Å². The lowest BCUT2D eigenvalue weighted by atomic mass is 9.86. The first-order chi connectivity index (χ1) is 10.1. The van der Waals surface area contributed by atoms with Crippen LogP contribution in [-0.2, 0) is 25.3 Å². The fourth-order valence-corrected chi connectivity index (χ4v) is 3.59. The van der Waals surface area contributed by atoms with Crippen molar-refractivity contribution in [3.8, 4) is 0 Å². The van der Waals surface area contributed by atoms with E-state index in [-0.39, 0.29) is 11.5 Å². The van der Waals surface area contributed by atoms with Crippen LogP contribution in [0.2, 0.25) is 5.02 Å². The minimum absolute atomic E-state index is 0.0810. The fraction of sp³-hybridized carbons (Fsp3) is 0.471. The van der Waals surface area contributed by atoms with Gasteiger partial charge in [0.2, 0.25) is 0 Å². The molecule has 3 nitrogen and oxygen atoms in total. The lowest BCUT2D eigenvalue weighted by Crippen LogP contribution is -2.37. The predicted octanol–water partition coefficient (Wildman–Crippen LogP) is 3.24. The van der Waals surface area contributed by atoms with Gasteiger partial charge in [-0.15, -0.1) is 0 Å². The third-order valence-corrected chi connectivity index (χ3v) is 5.20. The molecule has 0 amide bonds. The average Bonchev–Trinajstić information content (AvgIpc) is 3.27. The number of aromatic nitrogens is 2. The molecule has 1 saturated carbocycles. The minimum atomic E-state index is 0.0810. The molecule has 1 unspecified atom stereocenters. The zero-order chi connectivity index (χ0) is 15.0. The largest absolute Gasteiger partial charge is 0.327 e. The fourth-order valence-electron chi connectivity index (χ4n) is 3.22. The second kappa shape index (κ2) is 5.47. The highest BCUT2D eigenvalue weighted by molar-refractivity contribution is 6.31. The Kier molecular flexibility index (Phi) is 3.80. The topological polar surface area (TPSA) is 43.8 Å². The van der Waals surface area contributed by atoms with Crippen molar-refractivity contribution in [2.75, 3.05) is 0 Å². The van der Waals surface area contributed by atoms with Gasteiger partial charge in [0.25, 0.3) is 0 Å². The van der Waals surface area contributed by atoms with Gasteiger partial charge in [0.1, 0.15) is 0 Å². The van der Waals surface area contributed by atoms with Crippen LogP contribution in [0.5, 0.6) is 0 Å². The number of hydrogen-bond acceptors (Lipinski definition) is 2. The van der Waals surface area contributed by atoms with E-state index >= 15 is 0 Å². The normalized spacial score (nSPS) is 17.7. The first-order valence-corrected chi connectivity index (χ1v) is 7.97. The van der Waals surface area contributed by atoms with Crippen molar-refractivity contribution in [3.05, 3.63) is 52.3 Å². The SMILES string of the molecule is CCc1nn(C)c(CC(N)C2(c3ccccc3)CC2)c1Cl. The van der Waals surface area contributed by atoms with Gasteiger partial charge in [-0.2, -0.15) is 5.10 Å². The van der Waals surface area contributed by atoms with Crippen LogP contribution < -0.4 is 5.73 Å². The van der Waals surface area contributed by atoms with Crippen LogP contribution in [0, 0.1) is 0 Å². The zero-order valence-electron chi connectivity index (χ0n) is 12.6. The molecule has 0 spiro atoms. The third-order valence-electron chi connectivity index (χ3n) is 4.76. The Bertz CT molecular complexity index is 629. The van der Waals surface area contributed by atoms with Crippen LogP contribution in [0.4, 0.5) is 0 Å². The Morgan fingerprint density at radius 1 is 1.33 bits per heavy atom. The maximum atomic E-state index is 6.57. The molecule has 0 bridgehead atoms. The number of nitrogens with two attached hydrogens (primary N) is 1. The summed E-state index contributed by atoms with van der Waals surface area (Å²) in [6, 6.07) is 10.7. The Labute approximate surface area is 131 Å². The second-order valence-corrected chi connectivity index (χ2v) is 6.40. The van der Waals surface area contributed by atoms with Crippen LogP contribution in [0.15, 0.2) is 30.3 Å². The van der Waals surface area contributed by atoms with E-state index in [1.807, 2.05) is 11.7 Å². The number of halogens is 1. The Balaban J connectivity index is 1.84. The first kappa shape index (κ1) is 14.6. The smallest absolute Gasteiger partial charge is 0.0850 e. The molecule has 2 aromatic rings. The highest BCUT2D eigenvalue weighted by atomic mass is 35.5. The molecule has 1 aromatic carbocycles. The van der Waals surface area contributed by atoms with Gasteiger partial charge in [-0.25, -0.2) is 0 Å². The van der Waals surface area contributed by atoms with Gasteiger partial charge < -0.3 is 5.73 Å². The summed E-state index contributed by atoms with van der Waals surface area (Å²) in [5, 5.41) is 5.28. The molecule has 0 aliphatic heterocycles. The van der Waals surface area contributed by atoms with Crippen LogP contribution in [-0.4, -0.2) is 15.8 Å². The summed E-state index contributed by atoms with van der Waals surface area (Å²) < 4.78 is 1.89. The van der Waals surface area contributed by atoms with E-state index in [9.17, 15) is 0 Å². The van der Waals surface area contributed by atoms with Crippen LogP contribution >= 0.6 is 11.6 Å². The molecule has 21 heavy (non-hydrogen) atoms. The minimum Gasteiger partial charge on any atom is -0.327 e. The molecular weight excluding hydrogens is 282 g/mol. The molecule has 1 aliphatic rings. The number of aryl methyl sites for hydroxylation is 2. The summed E-state index contributed by atoms with van der Waals surface area (Å²) in [6.45, 7) is 2.07. The van der Waals surface area contributed by atoms with Gasteiger partial charge in [-0.1, -0.05) is 48.9 Å². The molecule has 1 atom stereocenters. The maximum Gasteiger partial charge on any atom is 0.0850 e. The standard InChI is InChI=1S/C17H22ClN3/c1-3-13-16(18)14(21(2)20-13)11-15(19)17(9-10-17)12-7-5-4-6-8-12/h4-8,15H,3,9-11,19H2,1-2H3. The van der Waals surface area contributed by atoms with E-state index < -0.39 is 0 Å². The van der Waals surface area contributed by atoms with E-state index in [2.05, 4.69) is 42.4 Å². The average molecular weight is 304 g/mol. The first-order valence-electron chi connectivity index (χ1n) is 7.60. The highest BCUT2D eigenvalue weighted by Gasteiger charge is 2.49. The molecule has 1 aliphatic carbocycles. The molecule has 112 valence electrons. The summed E-state index contributed by atoms with van der Waals surface area (Å²) in [6.07, 6.45) is 3.95. The third kappa shape index (κ3) is 2.49. The molecule has 2 N–H and O–H groups in total. The van der Waals surface area contributed by atoms with E-state index in [4.69, 9.17) is 17.3 Å².